The molecule has 1 aromatic heterocycles. The van der Waals surface area contributed by atoms with E-state index >= 15 is 0 Å². The number of nitrogens with one attached hydrogen (secondary N) is 2. The monoisotopic (exact) mass is 332 g/mol. The molecule has 23 heavy (non-hydrogen) atoms. The number of urea groups is 1. The zero-order chi connectivity index (χ0) is 16.4. The number of imidazole rings is 1. The first-order chi connectivity index (χ1) is 11.0. The quantitative estimate of drug-likeness (QED) is 0.882. The van der Waals surface area contributed by atoms with Crippen LogP contribution in [0.25, 0.3) is 0 Å². The fourth-order valence-corrected chi connectivity index (χ4v) is 2.97. The van der Waals surface area contributed by atoms with Crippen molar-refractivity contribution in [2.24, 2.45) is 18.9 Å². The number of amides is 2. The molecule has 6 heteroatoms. The Morgan fingerprint density at radius 1 is 1.43 bits per heavy atom. The third-order valence-electron chi connectivity index (χ3n) is 4.44. The maximum atomic E-state index is 12.3. The predicted octanol–water partition coefficient (Wildman–Crippen LogP) is 3.27. The summed E-state index contributed by atoms with van der Waals surface area (Å²) >= 11 is 5.96. The zero-order valence-corrected chi connectivity index (χ0v) is 14.0. The van der Waals surface area contributed by atoms with Crippen molar-refractivity contribution in [3.63, 3.8) is 0 Å². The second kappa shape index (κ2) is 6.62. The molecule has 2 aromatic rings. The summed E-state index contributed by atoms with van der Waals surface area (Å²) < 4.78 is 1.89. The lowest BCUT2D eigenvalue weighted by Crippen LogP contribution is -2.39. The van der Waals surface area contributed by atoms with Gasteiger partial charge in [0.1, 0.15) is 5.82 Å². The lowest BCUT2D eigenvalue weighted by atomic mass is 10.0. The summed E-state index contributed by atoms with van der Waals surface area (Å²) in [6, 6.07) is 7.54. The molecule has 1 heterocycles. The van der Waals surface area contributed by atoms with Gasteiger partial charge < -0.3 is 15.2 Å². The van der Waals surface area contributed by atoms with Gasteiger partial charge in [-0.15, -0.1) is 0 Å². The highest BCUT2D eigenvalue weighted by Crippen LogP contribution is 2.47. The largest absolute Gasteiger partial charge is 0.337 e. The number of carbonyl (C=O) groups is 1. The van der Waals surface area contributed by atoms with Crippen molar-refractivity contribution in [2.75, 3.05) is 0 Å². The first kappa shape index (κ1) is 15.9. The normalized spacial score (nSPS) is 20.8. The molecular weight excluding hydrogens is 312 g/mol. The highest BCUT2D eigenvalue weighted by Gasteiger charge is 2.40. The summed E-state index contributed by atoms with van der Waals surface area (Å²) in [5.41, 5.74) is 1.09. The van der Waals surface area contributed by atoms with Crippen LogP contribution in [0.4, 0.5) is 4.79 Å². The van der Waals surface area contributed by atoms with Gasteiger partial charge in [0.2, 0.25) is 0 Å². The number of hydrogen-bond acceptors (Lipinski definition) is 2. The Kier molecular flexibility index (Phi) is 4.57. The predicted molar refractivity (Wildman–Crippen MR) is 90.0 cm³/mol. The van der Waals surface area contributed by atoms with Gasteiger partial charge in [0, 0.05) is 24.5 Å². The summed E-state index contributed by atoms with van der Waals surface area (Å²) in [6.07, 6.45) is 4.71. The molecule has 2 N–H and O–H groups in total. The van der Waals surface area contributed by atoms with Gasteiger partial charge in [0.15, 0.2) is 0 Å². The van der Waals surface area contributed by atoms with Crippen LogP contribution in [-0.2, 0) is 13.6 Å². The van der Waals surface area contributed by atoms with Crippen LogP contribution < -0.4 is 10.6 Å². The second-order valence-electron chi connectivity index (χ2n) is 6.19. The van der Waals surface area contributed by atoms with E-state index in [4.69, 9.17) is 11.6 Å². The molecule has 1 aliphatic rings. The van der Waals surface area contributed by atoms with Crippen LogP contribution in [0.5, 0.6) is 0 Å². The fraction of sp³-hybridized carbons (Fsp3) is 0.412. The summed E-state index contributed by atoms with van der Waals surface area (Å²) in [6.45, 7) is 2.62. The Morgan fingerprint density at radius 2 is 2.13 bits per heavy atom. The minimum atomic E-state index is -0.174. The van der Waals surface area contributed by atoms with Gasteiger partial charge in [-0.2, -0.15) is 0 Å². The Morgan fingerprint density at radius 3 is 2.70 bits per heavy atom. The van der Waals surface area contributed by atoms with E-state index in [0.29, 0.717) is 23.4 Å². The van der Waals surface area contributed by atoms with Gasteiger partial charge in [0.05, 0.1) is 12.6 Å². The highest BCUT2D eigenvalue weighted by atomic mass is 35.5. The zero-order valence-electron chi connectivity index (χ0n) is 13.3. The number of carbonyl (C=O) groups excluding carboxylic acids is 1. The third kappa shape index (κ3) is 3.85. The first-order valence-electron chi connectivity index (χ1n) is 7.80. The van der Waals surface area contributed by atoms with E-state index in [1.54, 1.807) is 6.20 Å². The number of rotatable bonds is 5. The van der Waals surface area contributed by atoms with Gasteiger partial charge in [-0.3, -0.25) is 0 Å². The standard InChI is InChI=1S/C17H21ClN4O/c1-11-9-14(11)16(12-3-5-13(18)6-4-12)21-17(23)20-10-15-19-7-8-22(15)2/h3-8,11,14,16H,9-10H2,1-2H3,(H2,20,21,23)/t11-,14-,16-/m1/s1. The van der Waals surface area contributed by atoms with E-state index in [-0.39, 0.29) is 12.1 Å². The van der Waals surface area contributed by atoms with Crippen LogP contribution in [0.15, 0.2) is 36.7 Å². The minimum Gasteiger partial charge on any atom is -0.337 e. The Labute approximate surface area is 141 Å². The molecule has 3 rings (SSSR count). The smallest absolute Gasteiger partial charge is 0.315 e. The van der Waals surface area contributed by atoms with Crippen molar-refractivity contribution < 1.29 is 4.79 Å². The molecule has 0 spiro atoms. The minimum absolute atomic E-state index is 0.0173. The van der Waals surface area contributed by atoms with Gasteiger partial charge in [0.25, 0.3) is 0 Å². The van der Waals surface area contributed by atoms with E-state index < -0.39 is 0 Å². The van der Waals surface area contributed by atoms with E-state index in [2.05, 4.69) is 22.5 Å². The van der Waals surface area contributed by atoms with Crippen molar-refractivity contribution in [1.82, 2.24) is 20.2 Å². The molecule has 122 valence electrons. The Balaban J connectivity index is 1.63. The number of halogens is 1. The van der Waals surface area contributed by atoms with E-state index in [1.807, 2.05) is 42.1 Å². The maximum absolute atomic E-state index is 12.3. The fourth-order valence-electron chi connectivity index (χ4n) is 2.84. The second-order valence-corrected chi connectivity index (χ2v) is 6.62. The number of hydrogen-bond donors (Lipinski definition) is 2. The van der Waals surface area contributed by atoms with Crippen LogP contribution in [0.3, 0.4) is 0 Å². The highest BCUT2D eigenvalue weighted by molar-refractivity contribution is 6.30. The molecule has 0 saturated heterocycles. The van der Waals surface area contributed by atoms with Gasteiger partial charge in [-0.1, -0.05) is 30.7 Å². The molecule has 0 unspecified atom stereocenters. The van der Waals surface area contributed by atoms with Crippen LogP contribution in [0.1, 0.15) is 30.8 Å². The lowest BCUT2D eigenvalue weighted by Gasteiger charge is -2.20. The lowest BCUT2D eigenvalue weighted by molar-refractivity contribution is 0.234. The summed E-state index contributed by atoms with van der Waals surface area (Å²) in [7, 11) is 1.91. The summed E-state index contributed by atoms with van der Waals surface area (Å²) in [4.78, 5) is 16.5. The number of nitrogens with zero attached hydrogens (tertiary/aromatic N) is 2. The molecule has 2 amide bonds. The third-order valence-corrected chi connectivity index (χ3v) is 4.70. The average molecular weight is 333 g/mol. The SMILES string of the molecule is C[C@@H]1C[C@H]1[C@H](NC(=O)NCc1nccn1C)c1ccc(Cl)cc1. The van der Waals surface area contributed by atoms with Crippen LogP contribution in [-0.4, -0.2) is 15.6 Å². The van der Waals surface area contributed by atoms with Gasteiger partial charge in [-0.25, -0.2) is 9.78 Å². The molecule has 0 radical (unpaired) electrons. The van der Waals surface area contributed by atoms with Crippen molar-refractivity contribution >= 4 is 17.6 Å². The van der Waals surface area contributed by atoms with Gasteiger partial charge >= 0.3 is 6.03 Å². The molecule has 5 nitrogen and oxygen atoms in total. The molecule has 0 aliphatic heterocycles. The Bertz CT molecular complexity index is 682. The Hall–Kier alpha value is -2.01. The van der Waals surface area contributed by atoms with Crippen molar-refractivity contribution in [3.8, 4) is 0 Å². The first-order valence-corrected chi connectivity index (χ1v) is 8.18. The van der Waals surface area contributed by atoms with Crippen molar-refractivity contribution in [1.29, 1.82) is 0 Å². The maximum Gasteiger partial charge on any atom is 0.315 e. The molecule has 1 saturated carbocycles. The molecule has 1 aromatic carbocycles. The van der Waals surface area contributed by atoms with Crippen LogP contribution in [0.2, 0.25) is 5.02 Å². The average Bonchev–Trinajstić information content (AvgIpc) is 3.10. The molecular formula is C17H21ClN4O. The summed E-state index contributed by atoms with van der Waals surface area (Å²) in [5, 5.41) is 6.68. The molecule has 1 aliphatic carbocycles. The number of aromatic nitrogens is 2. The molecule has 3 atom stereocenters. The van der Waals surface area contributed by atoms with E-state index in [9.17, 15) is 4.79 Å². The topological polar surface area (TPSA) is 59.0 Å². The van der Waals surface area contributed by atoms with Crippen molar-refractivity contribution in [2.45, 2.75) is 25.9 Å². The summed E-state index contributed by atoms with van der Waals surface area (Å²) in [5.74, 6) is 1.93. The molecule has 0 bridgehead atoms. The van der Waals surface area contributed by atoms with Gasteiger partial charge in [-0.05, 0) is 36.0 Å². The number of benzene rings is 1. The van der Waals surface area contributed by atoms with Crippen LogP contribution in [0, 0.1) is 11.8 Å². The van der Waals surface area contributed by atoms with E-state index in [0.717, 1.165) is 17.8 Å². The van der Waals surface area contributed by atoms with Crippen molar-refractivity contribution in [3.05, 3.63) is 53.1 Å². The number of aryl methyl sites for hydroxylation is 1. The van der Waals surface area contributed by atoms with Crippen LogP contribution >= 0.6 is 11.6 Å². The van der Waals surface area contributed by atoms with E-state index in [1.165, 1.54) is 0 Å². The molecule has 1 fully saturated rings.